The topological polar surface area (TPSA) is 168 Å². The second-order valence-corrected chi connectivity index (χ2v) is 12.3. The number of ether oxygens (including phenoxy) is 2. The Kier molecular flexibility index (Phi) is 10.5. The molecule has 1 atom stereocenters. The van der Waals surface area contributed by atoms with E-state index in [4.69, 9.17) is 15.2 Å². The van der Waals surface area contributed by atoms with E-state index in [-0.39, 0.29) is 31.4 Å². The monoisotopic (exact) mass is 611 g/mol. The summed E-state index contributed by atoms with van der Waals surface area (Å²) in [5.41, 5.74) is 8.51. The number of aliphatic hydroxyl groups excluding tert-OH is 1. The normalized spacial score (nSPS) is 14.5. The van der Waals surface area contributed by atoms with Gasteiger partial charge < -0.3 is 30.3 Å². The Labute approximate surface area is 251 Å². The highest BCUT2D eigenvalue weighted by Crippen LogP contribution is 2.32. The van der Waals surface area contributed by atoms with Crippen LogP contribution in [0.4, 0.5) is 10.5 Å². The molecule has 0 heterocycles. The van der Waals surface area contributed by atoms with E-state index in [1.54, 1.807) is 54.6 Å². The molecule has 0 unspecified atom stereocenters. The molecule has 0 aliphatic heterocycles. The van der Waals surface area contributed by atoms with Crippen molar-refractivity contribution >= 4 is 27.7 Å². The third-order valence-corrected chi connectivity index (χ3v) is 7.71. The van der Waals surface area contributed by atoms with E-state index in [0.29, 0.717) is 22.7 Å². The van der Waals surface area contributed by atoms with Crippen LogP contribution in [0.3, 0.4) is 0 Å². The maximum absolute atomic E-state index is 12.7. The first kappa shape index (κ1) is 31.6. The maximum atomic E-state index is 12.7. The summed E-state index contributed by atoms with van der Waals surface area (Å²) in [5.74, 6) is 0.0943. The molecule has 4 rings (SSSR count). The highest BCUT2D eigenvalue weighted by atomic mass is 32.2. The Balaban J connectivity index is 1.41. The van der Waals surface area contributed by atoms with Gasteiger partial charge >= 0.3 is 6.09 Å². The fourth-order valence-electron chi connectivity index (χ4n) is 4.89. The van der Waals surface area contributed by atoms with Gasteiger partial charge in [-0.1, -0.05) is 36.8 Å². The quantitative estimate of drug-likeness (QED) is 0.217. The molecule has 1 aliphatic carbocycles. The van der Waals surface area contributed by atoms with E-state index < -0.39 is 28.1 Å². The first-order valence-corrected chi connectivity index (χ1v) is 15.9. The van der Waals surface area contributed by atoms with Crippen molar-refractivity contribution in [2.24, 2.45) is 0 Å². The third-order valence-electron chi connectivity index (χ3n) is 7.15. The van der Waals surface area contributed by atoms with Crippen molar-refractivity contribution in [1.82, 2.24) is 9.62 Å². The molecule has 0 saturated heterocycles. The van der Waals surface area contributed by atoms with Gasteiger partial charge in [-0.05, 0) is 78.8 Å². The van der Waals surface area contributed by atoms with Gasteiger partial charge in [-0.25, -0.2) is 17.9 Å². The minimum Gasteiger partial charge on any atom is -0.492 e. The molecule has 3 aromatic rings. The Morgan fingerprint density at radius 2 is 1.65 bits per heavy atom. The molecule has 11 nitrogen and oxygen atoms in total. The molecule has 5 N–H and O–H groups in total. The number of nitrogens with one attached hydrogen (secondary N) is 1. The highest BCUT2D eigenvalue weighted by Gasteiger charge is 2.22. The van der Waals surface area contributed by atoms with Crippen molar-refractivity contribution in [2.45, 2.75) is 44.3 Å². The Morgan fingerprint density at radius 3 is 2.28 bits per heavy atom. The number of benzene rings is 3. The van der Waals surface area contributed by atoms with Crippen molar-refractivity contribution in [3.8, 4) is 22.6 Å². The van der Waals surface area contributed by atoms with Crippen LogP contribution in [0.1, 0.15) is 54.1 Å². The zero-order valence-corrected chi connectivity index (χ0v) is 24.8. The van der Waals surface area contributed by atoms with Crippen LogP contribution in [0.2, 0.25) is 0 Å². The summed E-state index contributed by atoms with van der Waals surface area (Å²) in [6.07, 6.45) is 3.62. The average Bonchev–Trinajstić information content (AvgIpc) is 2.97. The number of hydrogen-bond donors (Lipinski definition) is 4. The Bertz CT molecular complexity index is 1500. The van der Waals surface area contributed by atoms with Crippen LogP contribution < -0.4 is 19.9 Å². The summed E-state index contributed by atoms with van der Waals surface area (Å²) in [7, 11) is -3.75. The Morgan fingerprint density at radius 1 is 1.00 bits per heavy atom. The molecule has 0 radical (unpaired) electrons. The molecule has 3 aromatic carbocycles. The number of carbonyl (C=O) groups is 2. The van der Waals surface area contributed by atoms with Crippen molar-refractivity contribution in [3.05, 3.63) is 77.9 Å². The Hall–Kier alpha value is -4.29. The van der Waals surface area contributed by atoms with Crippen LogP contribution in [-0.2, 0) is 10.0 Å². The van der Waals surface area contributed by atoms with E-state index in [0.717, 1.165) is 54.4 Å². The standard InChI is InChI=1S/C31H37N3O8S/c1-43(39,40)33-30(36)27-16-11-23(19-29(27)42-26-5-3-2-4-6-26)21-9-14-25(15-10-21)41-18-17-34(31(37)38)20-28(35)22-7-12-24(32)13-8-22/h7-16,19,26,28,35H,2-6,17-18,20,32H2,1H3,(H,33,36)(H,37,38)/t28-/m0/s1. The van der Waals surface area contributed by atoms with Crippen LogP contribution in [0.15, 0.2) is 66.7 Å². The molecule has 1 saturated carbocycles. The molecule has 230 valence electrons. The van der Waals surface area contributed by atoms with Crippen LogP contribution in [0.5, 0.6) is 11.5 Å². The van der Waals surface area contributed by atoms with Gasteiger partial charge in [-0.2, -0.15) is 0 Å². The third kappa shape index (κ3) is 9.35. The van der Waals surface area contributed by atoms with Crippen molar-refractivity contribution in [2.75, 3.05) is 31.7 Å². The van der Waals surface area contributed by atoms with E-state index in [9.17, 15) is 28.2 Å². The summed E-state index contributed by atoms with van der Waals surface area (Å²) in [4.78, 5) is 25.5. The molecule has 43 heavy (non-hydrogen) atoms. The molecule has 0 bridgehead atoms. The largest absolute Gasteiger partial charge is 0.492 e. The number of nitrogens with zero attached hydrogens (tertiary/aromatic N) is 1. The van der Waals surface area contributed by atoms with Gasteiger partial charge in [-0.15, -0.1) is 0 Å². The molecule has 0 spiro atoms. The van der Waals surface area contributed by atoms with Crippen LogP contribution >= 0.6 is 0 Å². The van der Waals surface area contributed by atoms with Crippen LogP contribution in [-0.4, -0.2) is 67.6 Å². The zero-order chi connectivity index (χ0) is 31.0. The van der Waals surface area contributed by atoms with E-state index >= 15 is 0 Å². The lowest BCUT2D eigenvalue weighted by atomic mass is 9.97. The number of aliphatic hydroxyl groups is 1. The second-order valence-electron chi connectivity index (χ2n) is 10.6. The number of sulfonamides is 1. The molecule has 12 heteroatoms. The summed E-state index contributed by atoms with van der Waals surface area (Å²) in [6, 6.07) is 18.7. The predicted octanol–water partition coefficient (Wildman–Crippen LogP) is 4.43. The molecular formula is C31H37N3O8S. The number of amides is 2. The van der Waals surface area contributed by atoms with Crippen LogP contribution in [0.25, 0.3) is 11.1 Å². The lowest BCUT2D eigenvalue weighted by molar-refractivity contribution is 0.0894. The first-order valence-electron chi connectivity index (χ1n) is 14.1. The van der Waals surface area contributed by atoms with Gasteiger partial charge in [0.05, 0.1) is 37.1 Å². The number of nitrogens with two attached hydrogens (primary N) is 1. The average molecular weight is 612 g/mol. The second kappa shape index (κ2) is 14.3. The highest BCUT2D eigenvalue weighted by molar-refractivity contribution is 7.89. The van der Waals surface area contributed by atoms with Gasteiger partial charge in [0.1, 0.15) is 18.1 Å². The van der Waals surface area contributed by atoms with Gasteiger partial charge in [0.15, 0.2) is 0 Å². The smallest absolute Gasteiger partial charge is 0.407 e. The van der Waals surface area contributed by atoms with Gasteiger partial charge in [0.2, 0.25) is 10.0 Å². The molecule has 0 aromatic heterocycles. The minimum atomic E-state index is -3.75. The molecule has 1 fully saturated rings. The summed E-state index contributed by atoms with van der Waals surface area (Å²) in [6.45, 7) is -0.00334. The first-order chi connectivity index (χ1) is 20.5. The lowest BCUT2D eigenvalue weighted by Gasteiger charge is -2.24. The fourth-order valence-corrected chi connectivity index (χ4v) is 5.33. The van der Waals surface area contributed by atoms with E-state index in [1.807, 2.05) is 16.9 Å². The zero-order valence-electron chi connectivity index (χ0n) is 23.9. The van der Waals surface area contributed by atoms with Crippen molar-refractivity contribution in [3.63, 3.8) is 0 Å². The van der Waals surface area contributed by atoms with E-state index in [1.165, 1.54) is 0 Å². The van der Waals surface area contributed by atoms with Crippen molar-refractivity contribution in [1.29, 1.82) is 0 Å². The van der Waals surface area contributed by atoms with Gasteiger partial charge in [-0.3, -0.25) is 4.79 Å². The van der Waals surface area contributed by atoms with Gasteiger partial charge in [0, 0.05) is 5.69 Å². The number of rotatable bonds is 12. The number of hydrogen-bond acceptors (Lipinski definition) is 8. The minimum absolute atomic E-state index is 0.0436. The summed E-state index contributed by atoms with van der Waals surface area (Å²) in [5, 5.41) is 20.0. The molecule has 2 amide bonds. The maximum Gasteiger partial charge on any atom is 0.407 e. The van der Waals surface area contributed by atoms with Crippen molar-refractivity contribution < 1.29 is 37.7 Å². The fraction of sp³-hybridized carbons (Fsp3) is 0.355. The predicted molar refractivity (Wildman–Crippen MR) is 163 cm³/mol. The number of carbonyl (C=O) groups excluding carboxylic acids is 1. The SMILES string of the molecule is CS(=O)(=O)NC(=O)c1ccc(-c2ccc(OCCN(C[C@H](O)c3ccc(N)cc3)C(=O)O)cc2)cc1OC1CCCCC1. The molecular weight excluding hydrogens is 574 g/mol. The summed E-state index contributed by atoms with van der Waals surface area (Å²) < 4.78 is 37.3. The molecule has 1 aliphatic rings. The summed E-state index contributed by atoms with van der Waals surface area (Å²) >= 11 is 0. The number of anilines is 1. The number of nitrogen functional groups attached to an aromatic ring is 1. The number of carboxylic acid groups (broad SMARTS) is 1. The lowest BCUT2D eigenvalue weighted by Crippen LogP contribution is -2.36. The van der Waals surface area contributed by atoms with E-state index in [2.05, 4.69) is 0 Å². The van der Waals surface area contributed by atoms with Crippen LogP contribution in [0, 0.1) is 0 Å². The van der Waals surface area contributed by atoms with Gasteiger partial charge in [0.25, 0.3) is 5.91 Å².